The Labute approximate surface area is 173 Å². The molecule has 3 rings (SSSR count). The molecule has 1 heterocycles. The summed E-state index contributed by atoms with van der Waals surface area (Å²) in [5, 5.41) is 10.5. The summed E-state index contributed by atoms with van der Waals surface area (Å²) in [7, 11) is 1.64. The molecule has 0 aliphatic carbocycles. The van der Waals surface area contributed by atoms with Crippen LogP contribution in [-0.2, 0) is 6.54 Å². The Bertz CT molecular complexity index is 1050. The molecular weight excluding hydrogens is 388 g/mol. The first-order valence-corrected chi connectivity index (χ1v) is 9.88. The molecule has 0 saturated heterocycles. The van der Waals surface area contributed by atoms with Gasteiger partial charge in [0, 0.05) is 6.21 Å². The Morgan fingerprint density at radius 3 is 2.54 bits per heavy atom. The van der Waals surface area contributed by atoms with E-state index in [1.54, 1.807) is 17.9 Å². The van der Waals surface area contributed by atoms with Gasteiger partial charge in [-0.1, -0.05) is 42.5 Å². The third-order valence-corrected chi connectivity index (χ3v) is 5.33. The summed E-state index contributed by atoms with van der Waals surface area (Å²) in [5.41, 5.74) is 1.94. The van der Waals surface area contributed by atoms with Gasteiger partial charge in [0.2, 0.25) is 5.88 Å². The lowest BCUT2D eigenvalue weighted by molar-refractivity contribution is 0.415. The van der Waals surface area contributed by atoms with Crippen LogP contribution in [0.1, 0.15) is 10.4 Å². The molecule has 0 spiro atoms. The summed E-state index contributed by atoms with van der Waals surface area (Å²) in [6.45, 7) is 0.556. The van der Waals surface area contributed by atoms with Crippen LogP contribution in [0.2, 0.25) is 0 Å². The Morgan fingerprint density at radius 1 is 1.07 bits per heavy atom. The molecule has 0 aliphatic rings. The topological polar surface area (TPSA) is 46.8 Å². The minimum absolute atomic E-state index is 0.190. The lowest BCUT2D eigenvalue weighted by Gasteiger charge is -2.04. The molecule has 0 bridgehead atoms. The van der Waals surface area contributed by atoms with E-state index in [2.05, 4.69) is 4.99 Å². The van der Waals surface area contributed by atoms with Gasteiger partial charge in [0.05, 0.1) is 24.2 Å². The number of benzene rings is 2. The van der Waals surface area contributed by atoms with Crippen LogP contribution in [0.5, 0.6) is 11.6 Å². The molecular formula is C22H20N2O2S2. The number of thiazole rings is 1. The van der Waals surface area contributed by atoms with E-state index in [1.165, 1.54) is 11.3 Å². The van der Waals surface area contributed by atoms with E-state index in [-0.39, 0.29) is 5.88 Å². The third kappa shape index (κ3) is 5.28. The summed E-state index contributed by atoms with van der Waals surface area (Å²) in [6, 6.07) is 17.5. The van der Waals surface area contributed by atoms with Gasteiger partial charge in [0.25, 0.3) is 0 Å². The zero-order valence-corrected chi connectivity index (χ0v) is 17.0. The van der Waals surface area contributed by atoms with E-state index >= 15 is 0 Å². The number of hydrogen-bond acceptors (Lipinski definition) is 5. The fraction of sp³-hybridized carbons (Fsp3) is 0.0909. The molecule has 0 aliphatic heterocycles. The molecule has 2 aromatic carbocycles. The highest BCUT2D eigenvalue weighted by Gasteiger charge is 2.09. The highest BCUT2D eigenvalue weighted by molar-refractivity contribution is 7.73. The predicted molar refractivity (Wildman–Crippen MR) is 120 cm³/mol. The molecule has 4 nitrogen and oxygen atoms in total. The number of ether oxygens (including phenoxy) is 1. The quantitative estimate of drug-likeness (QED) is 0.296. The Hall–Kier alpha value is -2.96. The number of aromatic hydroxyl groups is 1. The molecule has 0 atom stereocenters. The Morgan fingerprint density at radius 2 is 1.82 bits per heavy atom. The van der Waals surface area contributed by atoms with Crippen LogP contribution in [0.3, 0.4) is 0 Å². The first kappa shape index (κ1) is 19.8. The number of aromatic nitrogens is 1. The number of nitrogens with zero attached hydrogens (tertiary/aromatic N) is 2. The minimum atomic E-state index is 0.190. The summed E-state index contributed by atoms with van der Waals surface area (Å²) < 4.78 is 7.50. The maximum absolute atomic E-state index is 10.5. The normalized spacial score (nSPS) is 11.8. The van der Waals surface area contributed by atoms with Crippen molar-refractivity contribution in [2.24, 2.45) is 4.99 Å². The smallest absolute Gasteiger partial charge is 0.210 e. The molecule has 1 aromatic heterocycles. The van der Waals surface area contributed by atoms with Crippen LogP contribution in [0.4, 0.5) is 5.69 Å². The van der Waals surface area contributed by atoms with E-state index in [4.69, 9.17) is 17.0 Å². The second kappa shape index (κ2) is 9.82. The summed E-state index contributed by atoms with van der Waals surface area (Å²) in [4.78, 5) is 5.07. The fourth-order valence-electron chi connectivity index (χ4n) is 2.48. The molecule has 0 unspecified atom stereocenters. The zero-order chi connectivity index (χ0) is 19.8. The van der Waals surface area contributed by atoms with Crippen molar-refractivity contribution in [1.29, 1.82) is 0 Å². The average molecular weight is 409 g/mol. The van der Waals surface area contributed by atoms with Gasteiger partial charge in [0.1, 0.15) is 5.75 Å². The van der Waals surface area contributed by atoms with Gasteiger partial charge >= 0.3 is 0 Å². The number of allylic oxidation sites excluding steroid dienone is 3. The summed E-state index contributed by atoms with van der Waals surface area (Å²) >= 11 is 6.78. The standard InChI is InChI=1S/C22H20N2O2S2/c1-26-19-13-11-18(12-14-19)23-15-7-3-6-10-20-21(25)24(22(27)28-20)16-17-8-4-2-5-9-17/h2-15,25H,16H2,1H3/b7-3+,10-6+,23-15?. The molecule has 28 heavy (non-hydrogen) atoms. The van der Waals surface area contributed by atoms with Crippen LogP contribution in [0.25, 0.3) is 6.08 Å². The molecule has 1 N–H and O–H groups in total. The van der Waals surface area contributed by atoms with Crippen LogP contribution in [-0.4, -0.2) is 23.0 Å². The van der Waals surface area contributed by atoms with Crippen LogP contribution < -0.4 is 4.74 Å². The molecule has 142 valence electrons. The van der Waals surface area contributed by atoms with Crippen molar-refractivity contribution in [3.63, 3.8) is 0 Å². The molecule has 3 aromatic rings. The number of methoxy groups -OCH3 is 1. The molecule has 0 amide bonds. The first-order valence-electron chi connectivity index (χ1n) is 8.65. The van der Waals surface area contributed by atoms with Crippen LogP contribution in [0.15, 0.2) is 77.8 Å². The van der Waals surface area contributed by atoms with Gasteiger partial charge in [-0.2, -0.15) is 0 Å². The van der Waals surface area contributed by atoms with Crippen molar-refractivity contribution in [3.8, 4) is 11.6 Å². The number of hydrogen-bond donors (Lipinski definition) is 1. The van der Waals surface area contributed by atoms with Crippen molar-refractivity contribution in [2.75, 3.05) is 7.11 Å². The molecule has 6 heteroatoms. The van der Waals surface area contributed by atoms with Crippen molar-refractivity contribution in [2.45, 2.75) is 6.54 Å². The van der Waals surface area contributed by atoms with E-state index < -0.39 is 0 Å². The second-order valence-electron chi connectivity index (χ2n) is 5.85. The van der Waals surface area contributed by atoms with Crippen molar-refractivity contribution in [1.82, 2.24) is 4.57 Å². The van der Waals surface area contributed by atoms with Gasteiger partial charge in [-0.05, 0) is 54.2 Å². The monoisotopic (exact) mass is 408 g/mol. The Balaban J connectivity index is 1.62. The maximum Gasteiger partial charge on any atom is 0.210 e. The van der Waals surface area contributed by atoms with Crippen molar-refractivity contribution >= 4 is 41.5 Å². The van der Waals surface area contributed by atoms with E-state index in [0.29, 0.717) is 10.5 Å². The molecule has 0 saturated carbocycles. The summed E-state index contributed by atoms with van der Waals surface area (Å²) in [6.07, 6.45) is 9.10. The highest BCUT2D eigenvalue weighted by atomic mass is 32.1. The van der Waals surface area contributed by atoms with Gasteiger partial charge < -0.3 is 9.84 Å². The van der Waals surface area contributed by atoms with Crippen LogP contribution in [0, 0.1) is 3.95 Å². The Kier molecular flexibility index (Phi) is 6.94. The van der Waals surface area contributed by atoms with E-state index in [1.807, 2.05) is 78.9 Å². The highest BCUT2D eigenvalue weighted by Crippen LogP contribution is 2.28. The third-order valence-electron chi connectivity index (χ3n) is 3.93. The lowest BCUT2D eigenvalue weighted by atomic mass is 10.2. The SMILES string of the molecule is COc1ccc(N=C/C=C/C=C/c2sc(=S)n(Cc3ccccc3)c2O)cc1. The van der Waals surface area contributed by atoms with E-state index in [0.717, 1.165) is 21.9 Å². The van der Waals surface area contributed by atoms with Gasteiger partial charge in [-0.25, -0.2) is 0 Å². The van der Waals surface area contributed by atoms with E-state index in [9.17, 15) is 5.11 Å². The maximum atomic E-state index is 10.5. The average Bonchev–Trinajstić information content (AvgIpc) is 2.99. The lowest BCUT2D eigenvalue weighted by Crippen LogP contribution is -1.98. The van der Waals surface area contributed by atoms with Crippen molar-refractivity contribution < 1.29 is 9.84 Å². The molecule has 0 radical (unpaired) electrons. The largest absolute Gasteiger partial charge is 0.497 e. The van der Waals surface area contributed by atoms with Crippen molar-refractivity contribution in [3.05, 3.63) is 87.2 Å². The molecule has 0 fully saturated rings. The number of aliphatic imine (C=N–C) groups is 1. The minimum Gasteiger partial charge on any atom is -0.497 e. The van der Waals surface area contributed by atoms with Crippen LogP contribution >= 0.6 is 23.6 Å². The number of rotatable bonds is 7. The summed E-state index contributed by atoms with van der Waals surface area (Å²) in [5.74, 6) is 0.995. The first-order chi connectivity index (χ1) is 13.7. The van der Waals surface area contributed by atoms with Gasteiger partial charge in [-0.3, -0.25) is 9.56 Å². The second-order valence-corrected chi connectivity index (χ2v) is 7.52. The predicted octanol–water partition coefficient (Wildman–Crippen LogP) is 6.01. The van der Waals surface area contributed by atoms with Gasteiger partial charge in [0.15, 0.2) is 3.95 Å². The van der Waals surface area contributed by atoms with Gasteiger partial charge in [-0.15, -0.1) is 11.3 Å². The fourth-order valence-corrected chi connectivity index (χ4v) is 3.70. The zero-order valence-electron chi connectivity index (χ0n) is 15.4.